The predicted octanol–water partition coefficient (Wildman–Crippen LogP) is 3.28. The van der Waals surface area contributed by atoms with Crippen LogP contribution < -0.4 is 5.32 Å². The summed E-state index contributed by atoms with van der Waals surface area (Å²) in [6.45, 7) is 12.2. The third-order valence-corrected chi connectivity index (χ3v) is 4.15. The third-order valence-electron chi connectivity index (χ3n) is 2.97. The molecule has 0 spiro atoms. The summed E-state index contributed by atoms with van der Waals surface area (Å²) in [7, 11) is 0. The van der Waals surface area contributed by atoms with Gasteiger partial charge in [0.1, 0.15) is 0 Å². The molecule has 1 aliphatic rings. The number of rotatable bonds is 3. The number of hydrogen-bond donors (Lipinski definition) is 1. The molecule has 3 heteroatoms. The summed E-state index contributed by atoms with van der Waals surface area (Å²) in [5, 5.41) is 5.38. The van der Waals surface area contributed by atoms with Crippen LogP contribution in [-0.2, 0) is 0 Å². The van der Waals surface area contributed by atoms with Gasteiger partial charge in [0.15, 0.2) is 5.17 Å². The molecular formula is C12H24N2S. The summed E-state index contributed by atoms with van der Waals surface area (Å²) in [5.41, 5.74) is 0.298. The normalized spacial score (nSPS) is 23.8. The van der Waals surface area contributed by atoms with Crippen LogP contribution in [0.2, 0.25) is 0 Å². The van der Waals surface area contributed by atoms with Crippen LogP contribution in [0.25, 0.3) is 0 Å². The fraction of sp³-hybridized carbons (Fsp3) is 0.917. The molecule has 0 aliphatic carbocycles. The first-order chi connectivity index (χ1) is 6.93. The van der Waals surface area contributed by atoms with Gasteiger partial charge in [-0.1, -0.05) is 45.9 Å². The predicted molar refractivity (Wildman–Crippen MR) is 70.6 cm³/mol. The second-order valence-electron chi connectivity index (χ2n) is 5.41. The van der Waals surface area contributed by atoms with E-state index in [0.717, 1.165) is 11.7 Å². The molecule has 0 fully saturated rings. The van der Waals surface area contributed by atoms with E-state index >= 15 is 0 Å². The average molecular weight is 228 g/mol. The quantitative estimate of drug-likeness (QED) is 0.801. The Morgan fingerprint density at radius 1 is 1.53 bits per heavy atom. The Balaban J connectivity index is 2.36. The van der Waals surface area contributed by atoms with E-state index in [1.54, 1.807) is 0 Å². The van der Waals surface area contributed by atoms with Crippen molar-refractivity contribution in [2.24, 2.45) is 10.4 Å². The van der Waals surface area contributed by atoms with Gasteiger partial charge in [-0.2, -0.15) is 0 Å². The number of amidine groups is 1. The van der Waals surface area contributed by atoms with E-state index in [1.807, 2.05) is 11.8 Å². The number of nitrogens with one attached hydrogen (secondary N) is 1. The van der Waals surface area contributed by atoms with Crippen LogP contribution in [-0.4, -0.2) is 23.0 Å². The van der Waals surface area contributed by atoms with E-state index in [1.165, 1.54) is 12.8 Å². The summed E-state index contributed by atoms with van der Waals surface area (Å²) in [4.78, 5) is 4.56. The van der Waals surface area contributed by atoms with Crippen molar-refractivity contribution in [3.63, 3.8) is 0 Å². The summed E-state index contributed by atoms with van der Waals surface area (Å²) >= 11 is 1.92. The molecule has 2 unspecified atom stereocenters. The van der Waals surface area contributed by atoms with Crippen molar-refractivity contribution in [2.45, 2.75) is 58.8 Å². The van der Waals surface area contributed by atoms with Crippen molar-refractivity contribution in [3.05, 3.63) is 0 Å². The van der Waals surface area contributed by atoms with E-state index in [-0.39, 0.29) is 0 Å². The summed E-state index contributed by atoms with van der Waals surface area (Å²) in [6, 6.07) is 0.476. The van der Waals surface area contributed by atoms with Gasteiger partial charge in [-0.3, -0.25) is 4.99 Å². The molecule has 0 bridgehead atoms. The van der Waals surface area contributed by atoms with Gasteiger partial charge in [-0.05, 0) is 18.8 Å². The maximum absolute atomic E-state index is 4.56. The lowest BCUT2D eigenvalue weighted by atomic mass is 9.88. The van der Waals surface area contributed by atoms with Gasteiger partial charge >= 0.3 is 0 Å². The first kappa shape index (κ1) is 12.9. The molecule has 15 heavy (non-hydrogen) atoms. The van der Waals surface area contributed by atoms with E-state index in [0.29, 0.717) is 16.7 Å². The second-order valence-corrected chi connectivity index (χ2v) is 6.70. The van der Waals surface area contributed by atoms with Crippen molar-refractivity contribution in [1.29, 1.82) is 0 Å². The molecule has 88 valence electrons. The highest BCUT2D eigenvalue weighted by Gasteiger charge is 2.24. The first-order valence-corrected chi connectivity index (χ1v) is 6.79. The molecule has 1 heterocycles. The van der Waals surface area contributed by atoms with Gasteiger partial charge in [-0.15, -0.1) is 0 Å². The molecule has 1 aliphatic heterocycles. The lowest BCUT2D eigenvalue weighted by molar-refractivity contribution is 0.317. The Morgan fingerprint density at radius 3 is 2.73 bits per heavy atom. The van der Waals surface area contributed by atoms with Crippen LogP contribution in [0.5, 0.6) is 0 Å². The van der Waals surface area contributed by atoms with Gasteiger partial charge in [0.05, 0.1) is 6.54 Å². The van der Waals surface area contributed by atoms with Crippen LogP contribution >= 0.6 is 11.8 Å². The zero-order valence-electron chi connectivity index (χ0n) is 10.6. The van der Waals surface area contributed by atoms with E-state index in [9.17, 15) is 0 Å². The van der Waals surface area contributed by atoms with Crippen molar-refractivity contribution < 1.29 is 0 Å². The molecule has 1 N–H and O–H groups in total. The maximum atomic E-state index is 4.56. The van der Waals surface area contributed by atoms with Crippen LogP contribution in [0, 0.1) is 5.41 Å². The molecule has 1 rings (SSSR count). The van der Waals surface area contributed by atoms with Crippen LogP contribution in [0.1, 0.15) is 47.5 Å². The third kappa shape index (κ3) is 4.06. The Labute approximate surface area is 98.3 Å². The van der Waals surface area contributed by atoms with Crippen molar-refractivity contribution in [2.75, 3.05) is 6.54 Å². The number of aliphatic imine (C=N–C) groups is 1. The van der Waals surface area contributed by atoms with Gasteiger partial charge in [0.2, 0.25) is 0 Å². The van der Waals surface area contributed by atoms with Crippen molar-refractivity contribution >= 4 is 16.9 Å². The molecule has 0 radical (unpaired) electrons. The standard InChI is InChI=1S/C12H24N2S/c1-6-7-10-8-13-11(15-10)14-9(2)12(3,4)5/h9-10H,6-8H2,1-5H3,(H,13,14). The van der Waals surface area contributed by atoms with Gasteiger partial charge in [-0.25, -0.2) is 0 Å². The summed E-state index contributed by atoms with van der Waals surface area (Å²) in [5.74, 6) is 0. The highest BCUT2D eigenvalue weighted by molar-refractivity contribution is 8.14. The van der Waals surface area contributed by atoms with E-state index in [2.05, 4.69) is 44.9 Å². The molecule has 2 nitrogen and oxygen atoms in total. The Bertz CT molecular complexity index is 230. The topological polar surface area (TPSA) is 24.4 Å². The lowest BCUT2D eigenvalue weighted by Gasteiger charge is -2.28. The lowest BCUT2D eigenvalue weighted by Crippen LogP contribution is -2.39. The molecule has 0 aromatic rings. The van der Waals surface area contributed by atoms with E-state index < -0.39 is 0 Å². The van der Waals surface area contributed by atoms with Crippen molar-refractivity contribution in [1.82, 2.24) is 5.32 Å². The van der Waals surface area contributed by atoms with Crippen LogP contribution in [0.3, 0.4) is 0 Å². The Morgan fingerprint density at radius 2 is 2.20 bits per heavy atom. The van der Waals surface area contributed by atoms with Gasteiger partial charge in [0, 0.05) is 11.3 Å². The molecule has 0 aromatic carbocycles. The van der Waals surface area contributed by atoms with Crippen LogP contribution in [0.15, 0.2) is 4.99 Å². The minimum atomic E-state index is 0.298. The van der Waals surface area contributed by atoms with Crippen molar-refractivity contribution in [3.8, 4) is 0 Å². The fourth-order valence-electron chi connectivity index (χ4n) is 1.37. The number of thioether (sulfide) groups is 1. The number of nitrogens with zero attached hydrogens (tertiary/aromatic N) is 1. The minimum absolute atomic E-state index is 0.298. The average Bonchev–Trinajstić information content (AvgIpc) is 2.51. The highest BCUT2D eigenvalue weighted by Crippen LogP contribution is 2.26. The fourth-order valence-corrected chi connectivity index (χ4v) is 2.58. The van der Waals surface area contributed by atoms with Gasteiger partial charge < -0.3 is 5.32 Å². The molecule has 0 amide bonds. The molecule has 0 saturated carbocycles. The zero-order chi connectivity index (χ0) is 11.5. The zero-order valence-corrected chi connectivity index (χ0v) is 11.4. The smallest absolute Gasteiger partial charge is 0.157 e. The molecule has 0 aromatic heterocycles. The Kier molecular flexibility index (Phi) is 4.50. The second kappa shape index (κ2) is 5.24. The maximum Gasteiger partial charge on any atom is 0.157 e. The minimum Gasteiger partial charge on any atom is -0.362 e. The van der Waals surface area contributed by atoms with E-state index in [4.69, 9.17) is 0 Å². The summed E-state index contributed by atoms with van der Waals surface area (Å²) < 4.78 is 0. The van der Waals surface area contributed by atoms with Crippen LogP contribution in [0.4, 0.5) is 0 Å². The molecular weight excluding hydrogens is 204 g/mol. The summed E-state index contributed by atoms with van der Waals surface area (Å²) in [6.07, 6.45) is 2.54. The highest BCUT2D eigenvalue weighted by atomic mass is 32.2. The largest absolute Gasteiger partial charge is 0.362 e. The Hall–Kier alpha value is -0.180. The van der Waals surface area contributed by atoms with Gasteiger partial charge in [0.25, 0.3) is 0 Å². The number of hydrogen-bond acceptors (Lipinski definition) is 3. The monoisotopic (exact) mass is 228 g/mol. The first-order valence-electron chi connectivity index (χ1n) is 5.91. The molecule has 0 saturated heterocycles. The molecule has 2 atom stereocenters. The SMILES string of the molecule is CCCC1CN=C(NC(C)C(C)(C)C)S1.